The number of carbonyl (C=O) groups excluding carboxylic acids is 1. The fourth-order valence-corrected chi connectivity index (χ4v) is 4.56. The van der Waals surface area contributed by atoms with Crippen LogP contribution < -0.4 is 14.9 Å². The van der Waals surface area contributed by atoms with Crippen LogP contribution in [0.4, 0.5) is 11.4 Å². The predicted molar refractivity (Wildman–Crippen MR) is 112 cm³/mol. The van der Waals surface area contributed by atoms with Crippen molar-refractivity contribution in [1.82, 2.24) is 10.2 Å². The molecule has 2 aromatic rings. The van der Waals surface area contributed by atoms with Gasteiger partial charge in [-0.25, -0.2) is 8.42 Å². The van der Waals surface area contributed by atoms with Crippen molar-refractivity contribution in [2.75, 3.05) is 49.9 Å². The first-order valence-corrected chi connectivity index (χ1v) is 10.7. The summed E-state index contributed by atoms with van der Waals surface area (Å²) in [5.74, 6) is -0.162. The second-order valence-corrected chi connectivity index (χ2v) is 8.69. The molecule has 7 nitrogen and oxygen atoms in total. The van der Waals surface area contributed by atoms with Gasteiger partial charge >= 0.3 is 0 Å². The molecule has 2 aromatic carbocycles. The molecule has 1 saturated heterocycles. The van der Waals surface area contributed by atoms with E-state index < -0.39 is 10.0 Å². The van der Waals surface area contributed by atoms with Crippen LogP contribution in [-0.4, -0.2) is 59.5 Å². The third kappa shape index (κ3) is 4.28. The third-order valence-corrected chi connectivity index (χ3v) is 6.27. The van der Waals surface area contributed by atoms with E-state index in [0.717, 1.165) is 31.9 Å². The zero-order chi connectivity index (χ0) is 20.3. The summed E-state index contributed by atoms with van der Waals surface area (Å²) in [6, 6.07) is 12.0. The minimum absolute atomic E-state index is 0.162. The van der Waals surface area contributed by atoms with E-state index in [9.17, 15) is 13.2 Å². The number of piperazine rings is 1. The van der Waals surface area contributed by atoms with Gasteiger partial charge in [0.05, 0.1) is 10.5 Å². The van der Waals surface area contributed by atoms with E-state index in [2.05, 4.69) is 14.9 Å². The molecule has 0 spiro atoms. The first-order chi connectivity index (χ1) is 13.3. The van der Waals surface area contributed by atoms with Gasteiger partial charge in [-0.1, -0.05) is 18.2 Å². The molecule has 3 rings (SSSR count). The second kappa shape index (κ2) is 8.20. The van der Waals surface area contributed by atoms with Crippen LogP contribution >= 0.6 is 0 Å². The van der Waals surface area contributed by atoms with Crippen LogP contribution in [0.3, 0.4) is 0 Å². The summed E-state index contributed by atoms with van der Waals surface area (Å²) in [6.45, 7) is 5.03. The highest BCUT2D eigenvalue weighted by molar-refractivity contribution is 7.92. The number of nitrogens with zero attached hydrogens (tertiary/aromatic N) is 2. The molecule has 0 aliphatic carbocycles. The van der Waals surface area contributed by atoms with Gasteiger partial charge in [-0.3, -0.25) is 9.52 Å². The molecule has 0 bridgehead atoms. The van der Waals surface area contributed by atoms with Crippen molar-refractivity contribution in [2.24, 2.45) is 0 Å². The molecule has 1 amide bonds. The number of anilines is 2. The van der Waals surface area contributed by atoms with E-state index in [1.54, 1.807) is 57.4 Å². The SMILES string of the molecule is Cc1ccccc1S(=O)(=O)Nc1ccc(N2CCNCC2)c(C(=O)N(C)C)c1. The summed E-state index contributed by atoms with van der Waals surface area (Å²) in [6.07, 6.45) is 0. The zero-order valence-corrected chi connectivity index (χ0v) is 17.2. The summed E-state index contributed by atoms with van der Waals surface area (Å²) < 4.78 is 28.2. The highest BCUT2D eigenvalue weighted by Gasteiger charge is 2.22. The molecule has 0 atom stereocenters. The number of carbonyl (C=O) groups is 1. The Balaban J connectivity index is 1.97. The van der Waals surface area contributed by atoms with Gasteiger partial charge in [-0.2, -0.15) is 0 Å². The number of sulfonamides is 1. The Morgan fingerprint density at radius 3 is 2.43 bits per heavy atom. The van der Waals surface area contributed by atoms with Crippen molar-refractivity contribution in [1.29, 1.82) is 0 Å². The number of hydrogen-bond donors (Lipinski definition) is 2. The van der Waals surface area contributed by atoms with Crippen molar-refractivity contribution in [2.45, 2.75) is 11.8 Å². The molecule has 1 aliphatic rings. The molecular formula is C20H26N4O3S. The number of amides is 1. The average Bonchev–Trinajstić information content (AvgIpc) is 2.68. The summed E-state index contributed by atoms with van der Waals surface area (Å²) in [5, 5.41) is 3.29. The molecule has 1 heterocycles. The van der Waals surface area contributed by atoms with Crippen LogP contribution in [0.2, 0.25) is 0 Å². The average molecular weight is 403 g/mol. The first-order valence-electron chi connectivity index (χ1n) is 9.19. The molecule has 28 heavy (non-hydrogen) atoms. The van der Waals surface area contributed by atoms with Crippen molar-refractivity contribution in [3.8, 4) is 0 Å². The number of rotatable bonds is 5. The van der Waals surface area contributed by atoms with Crippen molar-refractivity contribution in [3.63, 3.8) is 0 Å². The molecule has 1 aliphatic heterocycles. The molecule has 150 valence electrons. The van der Waals surface area contributed by atoms with E-state index in [4.69, 9.17) is 0 Å². The van der Waals surface area contributed by atoms with Crippen LogP contribution in [0.1, 0.15) is 15.9 Å². The van der Waals surface area contributed by atoms with E-state index in [0.29, 0.717) is 16.8 Å². The Morgan fingerprint density at radius 2 is 1.79 bits per heavy atom. The van der Waals surface area contributed by atoms with E-state index in [1.807, 2.05) is 6.07 Å². The Morgan fingerprint density at radius 1 is 1.11 bits per heavy atom. The van der Waals surface area contributed by atoms with Gasteiger partial charge in [0.15, 0.2) is 0 Å². The quantitative estimate of drug-likeness (QED) is 0.798. The fourth-order valence-electron chi connectivity index (χ4n) is 3.26. The van der Waals surface area contributed by atoms with Crippen molar-refractivity contribution in [3.05, 3.63) is 53.6 Å². The van der Waals surface area contributed by atoms with Gasteiger partial charge in [-0.15, -0.1) is 0 Å². The summed E-state index contributed by atoms with van der Waals surface area (Å²) in [5.41, 5.74) is 2.33. The van der Waals surface area contributed by atoms with Crippen LogP contribution in [0.25, 0.3) is 0 Å². The Labute approximate surface area is 166 Å². The Bertz CT molecular complexity index is 967. The Hall–Kier alpha value is -2.58. The topological polar surface area (TPSA) is 81.8 Å². The second-order valence-electron chi connectivity index (χ2n) is 7.04. The Kier molecular flexibility index (Phi) is 5.90. The summed E-state index contributed by atoms with van der Waals surface area (Å²) >= 11 is 0. The normalized spacial score (nSPS) is 14.6. The highest BCUT2D eigenvalue weighted by Crippen LogP contribution is 2.27. The van der Waals surface area contributed by atoms with Crippen LogP contribution in [0.15, 0.2) is 47.4 Å². The number of benzene rings is 2. The fraction of sp³-hybridized carbons (Fsp3) is 0.350. The lowest BCUT2D eigenvalue weighted by atomic mass is 10.1. The largest absolute Gasteiger partial charge is 0.368 e. The smallest absolute Gasteiger partial charge is 0.262 e. The maximum atomic E-state index is 12.8. The molecule has 0 radical (unpaired) electrons. The third-order valence-electron chi connectivity index (χ3n) is 4.73. The number of nitrogens with one attached hydrogen (secondary N) is 2. The van der Waals surface area contributed by atoms with Gasteiger partial charge in [-0.05, 0) is 36.8 Å². The van der Waals surface area contributed by atoms with Gasteiger partial charge in [0, 0.05) is 51.6 Å². The summed E-state index contributed by atoms with van der Waals surface area (Å²) in [7, 11) is -0.366. The van der Waals surface area contributed by atoms with Gasteiger partial charge < -0.3 is 15.1 Å². The van der Waals surface area contributed by atoms with E-state index in [1.165, 1.54) is 4.90 Å². The maximum absolute atomic E-state index is 12.8. The lowest BCUT2D eigenvalue weighted by molar-refractivity contribution is 0.0828. The molecule has 2 N–H and O–H groups in total. The molecular weight excluding hydrogens is 376 g/mol. The standard InChI is InChI=1S/C20H26N4O3S/c1-15-6-4-5-7-19(15)28(26,27)22-16-8-9-18(24-12-10-21-11-13-24)17(14-16)20(25)23(2)3/h4-9,14,21-22H,10-13H2,1-3H3. The van der Waals surface area contributed by atoms with Crippen molar-refractivity contribution >= 4 is 27.3 Å². The first kappa shape index (κ1) is 20.2. The zero-order valence-electron chi connectivity index (χ0n) is 16.4. The molecule has 1 fully saturated rings. The van der Waals surface area contributed by atoms with Crippen molar-refractivity contribution < 1.29 is 13.2 Å². The maximum Gasteiger partial charge on any atom is 0.262 e. The van der Waals surface area contributed by atoms with Crippen LogP contribution in [0.5, 0.6) is 0 Å². The lowest BCUT2D eigenvalue weighted by Gasteiger charge is -2.31. The lowest BCUT2D eigenvalue weighted by Crippen LogP contribution is -2.44. The number of hydrogen-bond acceptors (Lipinski definition) is 5. The van der Waals surface area contributed by atoms with Gasteiger partial charge in [0.25, 0.3) is 15.9 Å². The summed E-state index contributed by atoms with van der Waals surface area (Å²) in [4.78, 5) is 16.6. The van der Waals surface area contributed by atoms with E-state index >= 15 is 0 Å². The minimum atomic E-state index is -3.74. The predicted octanol–water partition coefficient (Wildman–Crippen LogP) is 1.91. The highest BCUT2D eigenvalue weighted by atomic mass is 32.2. The van der Waals surface area contributed by atoms with Crippen LogP contribution in [-0.2, 0) is 10.0 Å². The number of aryl methyl sites for hydroxylation is 1. The monoisotopic (exact) mass is 402 g/mol. The molecule has 0 aromatic heterocycles. The van der Waals surface area contributed by atoms with E-state index in [-0.39, 0.29) is 10.8 Å². The molecule has 8 heteroatoms. The van der Waals surface area contributed by atoms with Gasteiger partial charge in [0.1, 0.15) is 0 Å². The van der Waals surface area contributed by atoms with Crippen LogP contribution in [0, 0.1) is 6.92 Å². The minimum Gasteiger partial charge on any atom is -0.368 e. The van der Waals surface area contributed by atoms with Gasteiger partial charge in [0.2, 0.25) is 0 Å². The molecule has 0 unspecified atom stereocenters. The molecule has 0 saturated carbocycles.